The van der Waals surface area contributed by atoms with Crippen molar-refractivity contribution in [3.05, 3.63) is 22.4 Å². The topological polar surface area (TPSA) is 58.2 Å². The van der Waals surface area contributed by atoms with Gasteiger partial charge in [-0.2, -0.15) is 0 Å². The second-order valence-corrected chi connectivity index (χ2v) is 3.10. The third-order valence-electron chi connectivity index (χ3n) is 1.19. The van der Waals surface area contributed by atoms with E-state index < -0.39 is 0 Å². The highest BCUT2D eigenvalue weighted by atomic mass is 32.1. The Labute approximate surface area is 73.6 Å². The lowest BCUT2D eigenvalue weighted by atomic mass is 10.3. The summed E-state index contributed by atoms with van der Waals surface area (Å²) >= 11 is 1.51. The molecule has 0 saturated heterocycles. The van der Waals surface area contributed by atoms with Gasteiger partial charge in [-0.25, -0.2) is 0 Å². The average Bonchev–Trinajstić information content (AvgIpc) is 2.53. The molecule has 0 radical (unpaired) electrons. The number of hydrogen-bond acceptors (Lipinski definition) is 3. The van der Waals surface area contributed by atoms with Gasteiger partial charge in [0, 0.05) is 4.88 Å². The molecule has 12 heavy (non-hydrogen) atoms. The molecule has 1 aromatic rings. The summed E-state index contributed by atoms with van der Waals surface area (Å²) in [6.07, 6.45) is 0.727. The number of thiophene rings is 1. The summed E-state index contributed by atoms with van der Waals surface area (Å²) < 4.78 is 0. The standard InChI is InChI=1S/C7H8N2O2S/c10-5-8-9-7(11)4-6-2-1-3-12-6/h1-3,5H,4H2,(H,8,10)(H,9,11). The zero-order chi connectivity index (χ0) is 8.81. The minimum Gasteiger partial charge on any atom is -0.277 e. The lowest BCUT2D eigenvalue weighted by Crippen LogP contribution is -2.37. The van der Waals surface area contributed by atoms with E-state index in [2.05, 4.69) is 10.9 Å². The highest BCUT2D eigenvalue weighted by molar-refractivity contribution is 7.10. The van der Waals surface area contributed by atoms with Crippen molar-refractivity contribution in [3.63, 3.8) is 0 Å². The van der Waals surface area contributed by atoms with E-state index in [-0.39, 0.29) is 5.91 Å². The lowest BCUT2D eigenvalue weighted by molar-refractivity contribution is -0.124. The van der Waals surface area contributed by atoms with Crippen LogP contribution in [0, 0.1) is 0 Å². The van der Waals surface area contributed by atoms with Crippen LogP contribution < -0.4 is 10.9 Å². The van der Waals surface area contributed by atoms with Gasteiger partial charge in [0.25, 0.3) is 0 Å². The zero-order valence-corrected chi connectivity index (χ0v) is 7.06. The molecule has 4 nitrogen and oxygen atoms in total. The quantitative estimate of drug-likeness (QED) is 0.514. The van der Waals surface area contributed by atoms with Crippen molar-refractivity contribution >= 4 is 23.7 Å². The molecule has 0 spiro atoms. The molecule has 0 unspecified atom stereocenters. The predicted octanol–water partition coefficient (Wildman–Crippen LogP) is 0.0678. The molecule has 64 valence electrons. The molecule has 2 N–H and O–H groups in total. The van der Waals surface area contributed by atoms with Gasteiger partial charge in [0.2, 0.25) is 12.3 Å². The molecule has 0 aliphatic rings. The molecule has 0 bridgehead atoms. The van der Waals surface area contributed by atoms with E-state index in [1.807, 2.05) is 17.5 Å². The van der Waals surface area contributed by atoms with Gasteiger partial charge in [0.15, 0.2) is 0 Å². The van der Waals surface area contributed by atoms with Gasteiger partial charge < -0.3 is 0 Å². The third-order valence-corrected chi connectivity index (χ3v) is 2.06. The third kappa shape index (κ3) is 2.71. The van der Waals surface area contributed by atoms with Gasteiger partial charge in [-0.1, -0.05) is 6.07 Å². The summed E-state index contributed by atoms with van der Waals surface area (Å²) in [5.41, 5.74) is 4.31. The maximum absolute atomic E-state index is 10.9. The number of hydrazine groups is 1. The fourth-order valence-corrected chi connectivity index (χ4v) is 1.43. The molecule has 1 heterocycles. The lowest BCUT2D eigenvalue weighted by Gasteiger charge is -1.99. The Morgan fingerprint density at radius 1 is 1.67 bits per heavy atom. The van der Waals surface area contributed by atoms with Crippen LogP contribution in [0.1, 0.15) is 4.88 Å². The second-order valence-electron chi connectivity index (χ2n) is 2.07. The molecular formula is C7H8N2O2S. The minimum atomic E-state index is -0.218. The number of rotatable bonds is 4. The van der Waals surface area contributed by atoms with E-state index >= 15 is 0 Å². The van der Waals surface area contributed by atoms with Gasteiger partial charge in [0.05, 0.1) is 6.42 Å². The van der Waals surface area contributed by atoms with E-state index in [0.29, 0.717) is 12.8 Å². The first kappa shape index (κ1) is 8.73. The normalized spacial score (nSPS) is 9.00. The number of carbonyl (C=O) groups excluding carboxylic acids is 2. The van der Waals surface area contributed by atoms with E-state index in [9.17, 15) is 9.59 Å². The van der Waals surface area contributed by atoms with Gasteiger partial charge in [-0.05, 0) is 11.4 Å². The number of amides is 2. The smallest absolute Gasteiger partial charge is 0.243 e. The highest BCUT2D eigenvalue weighted by Crippen LogP contribution is 2.08. The van der Waals surface area contributed by atoms with E-state index in [1.54, 1.807) is 0 Å². The summed E-state index contributed by atoms with van der Waals surface area (Å²) in [5.74, 6) is -0.218. The van der Waals surface area contributed by atoms with Crippen molar-refractivity contribution in [2.45, 2.75) is 6.42 Å². The predicted molar refractivity (Wildman–Crippen MR) is 45.4 cm³/mol. The van der Waals surface area contributed by atoms with Crippen LogP contribution in [-0.2, 0) is 16.0 Å². The van der Waals surface area contributed by atoms with Gasteiger partial charge in [-0.15, -0.1) is 11.3 Å². The second kappa shape index (κ2) is 4.50. The number of hydrogen-bond donors (Lipinski definition) is 2. The van der Waals surface area contributed by atoms with Crippen LogP contribution in [0.3, 0.4) is 0 Å². The first-order valence-electron chi connectivity index (χ1n) is 3.33. The fourth-order valence-electron chi connectivity index (χ4n) is 0.726. The molecular weight excluding hydrogens is 176 g/mol. The molecule has 5 heteroatoms. The van der Waals surface area contributed by atoms with Crippen molar-refractivity contribution in [3.8, 4) is 0 Å². The number of carbonyl (C=O) groups is 2. The van der Waals surface area contributed by atoms with Crippen molar-refractivity contribution in [1.82, 2.24) is 10.9 Å². The van der Waals surface area contributed by atoms with Crippen molar-refractivity contribution < 1.29 is 9.59 Å². The van der Waals surface area contributed by atoms with Crippen molar-refractivity contribution in [2.24, 2.45) is 0 Å². The Morgan fingerprint density at radius 2 is 2.50 bits per heavy atom. The van der Waals surface area contributed by atoms with Crippen LogP contribution in [0.5, 0.6) is 0 Å². The Kier molecular flexibility index (Phi) is 3.28. The van der Waals surface area contributed by atoms with Crippen molar-refractivity contribution in [1.29, 1.82) is 0 Å². The largest absolute Gasteiger partial charge is 0.277 e. The Bertz CT molecular complexity index is 258. The van der Waals surface area contributed by atoms with E-state index in [4.69, 9.17) is 0 Å². The van der Waals surface area contributed by atoms with E-state index in [0.717, 1.165) is 4.88 Å². The zero-order valence-electron chi connectivity index (χ0n) is 6.24. The Hall–Kier alpha value is -1.36. The van der Waals surface area contributed by atoms with Crippen LogP contribution in [0.4, 0.5) is 0 Å². The van der Waals surface area contributed by atoms with Crippen molar-refractivity contribution in [2.75, 3.05) is 0 Å². The first-order valence-corrected chi connectivity index (χ1v) is 4.21. The molecule has 0 atom stereocenters. The first-order chi connectivity index (χ1) is 5.83. The molecule has 0 saturated carbocycles. The molecule has 0 aliphatic carbocycles. The van der Waals surface area contributed by atoms with Crippen LogP contribution in [0.25, 0.3) is 0 Å². The molecule has 0 fully saturated rings. The van der Waals surface area contributed by atoms with Crippen LogP contribution in [-0.4, -0.2) is 12.3 Å². The highest BCUT2D eigenvalue weighted by Gasteiger charge is 2.01. The summed E-state index contributed by atoms with van der Waals surface area (Å²) in [4.78, 5) is 21.7. The summed E-state index contributed by atoms with van der Waals surface area (Å²) in [5, 5.41) is 1.90. The van der Waals surface area contributed by atoms with Crippen LogP contribution >= 0.6 is 11.3 Å². The van der Waals surface area contributed by atoms with Gasteiger partial charge in [0.1, 0.15) is 0 Å². The number of nitrogens with one attached hydrogen (secondary N) is 2. The Morgan fingerprint density at radius 3 is 3.08 bits per heavy atom. The summed E-state index contributed by atoms with van der Waals surface area (Å²) in [6.45, 7) is 0. The van der Waals surface area contributed by atoms with Crippen LogP contribution in [0.2, 0.25) is 0 Å². The summed E-state index contributed by atoms with van der Waals surface area (Å²) in [7, 11) is 0. The summed E-state index contributed by atoms with van der Waals surface area (Å²) in [6, 6.07) is 3.74. The van der Waals surface area contributed by atoms with Crippen LogP contribution in [0.15, 0.2) is 17.5 Å². The molecule has 0 aliphatic heterocycles. The molecule has 2 amide bonds. The SMILES string of the molecule is O=CNNC(=O)Cc1cccs1. The minimum absolute atomic E-state index is 0.218. The van der Waals surface area contributed by atoms with E-state index in [1.165, 1.54) is 11.3 Å². The molecule has 1 rings (SSSR count). The monoisotopic (exact) mass is 184 g/mol. The molecule has 0 aromatic carbocycles. The van der Waals surface area contributed by atoms with Gasteiger partial charge >= 0.3 is 0 Å². The maximum atomic E-state index is 10.9. The fraction of sp³-hybridized carbons (Fsp3) is 0.143. The average molecular weight is 184 g/mol. The maximum Gasteiger partial charge on any atom is 0.243 e. The molecule has 1 aromatic heterocycles. The Balaban J connectivity index is 2.32. The van der Waals surface area contributed by atoms with Gasteiger partial charge in [-0.3, -0.25) is 20.4 Å².